The fraction of sp³-hybridized carbons (Fsp3) is 0.417. The summed E-state index contributed by atoms with van der Waals surface area (Å²) >= 11 is 0. The average Bonchev–Trinajstić information content (AvgIpc) is 2.56. The van der Waals surface area contributed by atoms with Crippen LogP contribution in [0.5, 0.6) is 0 Å². The van der Waals surface area contributed by atoms with Gasteiger partial charge in [0.25, 0.3) is 0 Å². The van der Waals surface area contributed by atoms with Gasteiger partial charge in [-0.05, 0) is 46.6 Å². The zero-order valence-electron chi connectivity index (χ0n) is 17.5. The summed E-state index contributed by atoms with van der Waals surface area (Å²) in [5, 5.41) is 12.2. The molecule has 0 bridgehead atoms. The van der Waals surface area contributed by atoms with Crippen molar-refractivity contribution in [2.45, 2.75) is 54.6 Å². The Hall–Kier alpha value is -2.26. The summed E-state index contributed by atoms with van der Waals surface area (Å²) in [6.45, 7) is 15.1. The lowest BCUT2D eigenvalue weighted by Crippen LogP contribution is -2.35. The number of aliphatic hydroxyl groups excluding tert-OH is 1. The third-order valence-electron chi connectivity index (χ3n) is 5.17. The molecule has 1 N–H and O–H groups in total. The Balaban J connectivity index is 2.25. The van der Waals surface area contributed by atoms with Gasteiger partial charge in [0.15, 0.2) is 0 Å². The summed E-state index contributed by atoms with van der Waals surface area (Å²) in [5.74, 6) is 0. The largest absolute Gasteiger partial charge is 0.382 e. The number of benzene rings is 1. The molecule has 0 spiro atoms. The van der Waals surface area contributed by atoms with Crippen molar-refractivity contribution >= 4 is 22.3 Å². The maximum atomic E-state index is 11.2. The molecule has 1 aromatic heterocycles. The van der Waals surface area contributed by atoms with E-state index in [9.17, 15) is 5.11 Å². The molecule has 0 amide bonds. The number of para-hydroxylation sites is 1. The molecule has 27 heavy (non-hydrogen) atoms. The van der Waals surface area contributed by atoms with Crippen LogP contribution in [-0.4, -0.2) is 21.9 Å². The van der Waals surface area contributed by atoms with Crippen molar-refractivity contribution in [1.29, 1.82) is 0 Å². The Bertz CT molecular complexity index is 961. The van der Waals surface area contributed by atoms with E-state index in [1.165, 1.54) is 5.57 Å². The maximum absolute atomic E-state index is 11.2. The molecular weight excluding hydrogens is 332 g/mol. The van der Waals surface area contributed by atoms with Gasteiger partial charge in [-0.3, -0.25) is 4.98 Å². The van der Waals surface area contributed by atoms with E-state index in [0.717, 1.165) is 33.4 Å². The topological polar surface area (TPSA) is 45.5 Å². The summed E-state index contributed by atoms with van der Waals surface area (Å²) in [4.78, 5) is 9.45. The van der Waals surface area contributed by atoms with E-state index in [1.807, 2.05) is 30.3 Å². The number of allylic oxidation sites excluding steroid dienone is 2. The zero-order valence-corrected chi connectivity index (χ0v) is 17.5. The van der Waals surface area contributed by atoms with Crippen molar-refractivity contribution in [2.75, 3.05) is 0 Å². The predicted octanol–water partition coefficient (Wildman–Crippen LogP) is 6.02. The predicted molar refractivity (Wildman–Crippen MR) is 115 cm³/mol. The molecule has 0 saturated heterocycles. The highest BCUT2D eigenvalue weighted by atomic mass is 16.3. The minimum absolute atomic E-state index is 0.0293. The second kappa shape index (κ2) is 6.72. The van der Waals surface area contributed by atoms with Crippen LogP contribution < -0.4 is 0 Å². The molecule has 1 atom stereocenters. The first-order valence-corrected chi connectivity index (χ1v) is 9.54. The van der Waals surface area contributed by atoms with Crippen molar-refractivity contribution in [3.8, 4) is 0 Å². The molecule has 3 rings (SSSR count). The van der Waals surface area contributed by atoms with Crippen molar-refractivity contribution in [2.24, 2.45) is 15.8 Å². The number of aliphatic hydroxyl groups is 1. The monoisotopic (exact) mass is 362 g/mol. The second-order valence-corrected chi connectivity index (χ2v) is 9.39. The summed E-state index contributed by atoms with van der Waals surface area (Å²) in [5.41, 5.74) is 5.49. The number of fused-ring (bicyclic) bond motifs is 1. The maximum Gasteiger partial charge on any atom is 0.118 e. The second-order valence-electron chi connectivity index (χ2n) is 9.39. The first-order chi connectivity index (χ1) is 12.5. The number of nitrogens with zero attached hydrogens (tertiary/aromatic N) is 2. The van der Waals surface area contributed by atoms with Gasteiger partial charge in [0.1, 0.15) is 6.10 Å². The normalized spacial score (nSPS) is 20.4. The van der Waals surface area contributed by atoms with Crippen molar-refractivity contribution in [3.63, 3.8) is 0 Å². The number of hydrogen-bond acceptors (Lipinski definition) is 3. The minimum atomic E-state index is -0.713. The van der Waals surface area contributed by atoms with Gasteiger partial charge in [-0.15, -0.1) is 0 Å². The van der Waals surface area contributed by atoms with Crippen molar-refractivity contribution in [1.82, 2.24) is 4.98 Å². The molecule has 1 aliphatic carbocycles. The van der Waals surface area contributed by atoms with Crippen LogP contribution in [0.1, 0.15) is 48.5 Å². The molecular formula is C24H30N2O. The smallest absolute Gasteiger partial charge is 0.118 e. The third kappa shape index (κ3) is 3.74. The summed E-state index contributed by atoms with van der Waals surface area (Å²) in [6.07, 6.45) is 3.25. The number of rotatable bonds is 1. The van der Waals surface area contributed by atoms with Crippen LogP contribution in [0.25, 0.3) is 10.9 Å². The summed E-state index contributed by atoms with van der Waals surface area (Å²) in [7, 11) is 0. The van der Waals surface area contributed by atoms with E-state index in [-0.39, 0.29) is 10.8 Å². The lowest BCUT2D eigenvalue weighted by molar-refractivity contribution is 0.243. The first-order valence-electron chi connectivity index (χ1n) is 9.54. The van der Waals surface area contributed by atoms with E-state index in [1.54, 1.807) is 6.20 Å². The van der Waals surface area contributed by atoms with Gasteiger partial charge in [0, 0.05) is 11.6 Å². The highest BCUT2D eigenvalue weighted by molar-refractivity contribution is 6.09. The highest BCUT2D eigenvalue weighted by Gasteiger charge is 2.35. The van der Waals surface area contributed by atoms with Crippen LogP contribution >= 0.6 is 0 Å². The van der Waals surface area contributed by atoms with Crippen LogP contribution in [0.4, 0.5) is 5.69 Å². The number of hydrogen-bond donors (Lipinski definition) is 1. The minimum Gasteiger partial charge on any atom is -0.382 e. The highest BCUT2D eigenvalue weighted by Crippen LogP contribution is 2.41. The van der Waals surface area contributed by atoms with Gasteiger partial charge in [0.2, 0.25) is 0 Å². The van der Waals surface area contributed by atoms with Crippen LogP contribution in [-0.2, 0) is 0 Å². The molecule has 1 unspecified atom stereocenters. The Morgan fingerprint density at radius 2 is 1.63 bits per heavy atom. The van der Waals surface area contributed by atoms with Gasteiger partial charge in [-0.25, -0.2) is 4.99 Å². The molecule has 142 valence electrons. The van der Waals surface area contributed by atoms with Crippen molar-refractivity contribution in [3.05, 3.63) is 59.3 Å². The van der Waals surface area contributed by atoms with Gasteiger partial charge < -0.3 is 5.11 Å². The molecule has 2 aromatic rings. The first kappa shape index (κ1) is 19.5. The van der Waals surface area contributed by atoms with Gasteiger partial charge >= 0.3 is 0 Å². The molecule has 1 aromatic carbocycles. The van der Waals surface area contributed by atoms with E-state index in [2.05, 4.69) is 59.5 Å². The standard InChI is InChI=1S/C24H30N2O/c1-15-17(23(2,3)4)14-18(24(5,6)7)22(27)20(15)26-19-12-8-10-16-11-9-13-25-21(16)19/h8-14,22,27H,1-7H3. The lowest BCUT2D eigenvalue weighted by atomic mass is 9.71. The third-order valence-corrected chi connectivity index (χ3v) is 5.17. The molecule has 1 heterocycles. The Labute approximate surface area is 162 Å². The fourth-order valence-corrected chi connectivity index (χ4v) is 3.69. The van der Waals surface area contributed by atoms with Gasteiger partial charge in [-0.2, -0.15) is 0 Å². The summed E-state index contributed by atoms with van der Waals surface area (Å²) in [6, 6.07) is 9.95. The van der Waals surface area contributed by atoms with Crippen LogP contribution in [0, 0.1) is 10.8 Å². The molecule has 3 heteroatoms. The number of aromatic nitrogens is 1. The Kier molecular flexibility index (Phi) is 4.85. The van der Waals surface area contributed by atoms with E-state index < -0.39 is 6.10 Å². The van der Waals surface area contributed by atoms with Gasteiger partial charge in [0.05, 0.1) is 16.9 Å². The number of pyridine rings is 1. The molecule has 3 nitrogen and oxygen atoms in total. The van der Waals surface area contributed by atoms with Crippen LogP contribution in [0.15, 0.2) is 64.3 Å². The molecule has 0 aliphatic heterocycles. The fourth-order valence-electron chi connectivity index (χ4n) is 3.69. The SMILES string of the molecule is CC1=C(C(C)(C)C)C=C(C(C)(C)C)C(O)C1=Nc1cccc2cccnc12. The molecule has 1 aliphatic rings. The Morgan fingerprint density at radius 1 is 0.963 bits per heavy atom. The summed E-state index contributed by atoms with van der Waals surface area (Å²) < 4.78 is 0. The number of aliphatic imine (C=N–C) groups is 1. The average molecular weight is 363 g/mol. The molecule has 0 saturated carbocycles. The molecule has 0 fully saturated rings. The quantitative estimate of drug-likeness (QED) is 0.674. The van der Waals surface area contributed by atoms with E-state index >= 15 is 0 Å². The van der Waals surface area contributed by atoms with Crippen molar-refractivity contribution < 1.29 is 5.11 Å². The zero-order chi connectivity index (χ0) is 20.0. The van der Waals surface area contributed by atoms with E-state index in [4.69, 9.17) is 4.99 Å². The lowest BCUT2D eigenvalue weighted by Gasteiger charge is -2.36. The van der Waals surface area contributed by atoms with Gasteiger partial charge in [-0.1, -0.05) is 65.8 Å². The van der Waals surface area contributed by atoms with Crippen LogP contribution in [0.2, 0.25) is 0 Å². The van der Waals surface area contributed by atoms with Crippen LogP contribution in [0.3, 0.4) is 0 Å². The Morgan fingerprint density at radius 3 is 2.26 bits per heavy atom. The molecule has 0 radical (unpaired) electrons. The van der Waals surface area contributed by atoms with E-state index in [0.29, 0.717) is 0 Å².